The summed E-state index contributed by atoms with van der Waals surface area (Å²) in [7, 11) is 0. The third-order valence-electron chi connectivity index (χ3n) is 6.41. The SMILES string of the molecule is CCOc1cc2occ(-c3ccc(Cl)cc3Cl)c2cc1/C(C)=C/C(=O)NC1CCCCC1C. The van der Waals surface area contributed by atoms with Gasteiger partial charge < -0.3 is 14.5 Å². The minimum absolute atomic E-state index is 0.0676. The van der Waals surface area contributed by atoms with Crippen LogP contribution in [-0.2, 0) is 4.79 Å². The quantitative estimate of drug-likeness (QED) is 0.360. The molecule has 174 valence electrons. The van der Waals surface area contributed by atoms with Crippen molar-refractivity contribution in [3.05, 3.63) is 58.3 Å². The minimum Gasteiger partial charge on any atom is -0.493 e. The number of carbonyl (C=O) groups is 1. The summed E-state index contributed by atoms with van der Waals surface area (Å²) in [5.41, 5.74) is 4.07. The maximum atomic E-state index is 12.8. The van der Waals surface area contributed by atoms with Gasteiger partial charge in [-0.25, -0.2) is 0 Å². The maximum Gasteiger partial charge on any atom is 0.244 e. The topological polar surface area (TPSA) is 51.5 Å². The fourth-order valence-electron chi connectivity index (χ4n) is 4.58. The monoisotopic (exact) mass is 485 g/mol. The summed E-state index contributed by atoms with van der Waals surface area (Å²) >= 11 is 12.5. The zero-order valence-corrected chi connectivity index (χ0v) is 20.7. The van der Waals surface area contributed by atoms with Crippen LogP contribution in [0.5, 0.6) is 5.75 Å². The van der Waals surface area contributed by atoms with E-state index >= 15 is 0 Å². The molecule has 6 heteroatoms. The lowest BCUT2D eigenvalue weighted by molar-refractivity contribution is -0.117. The van der Waals surface area contributed by atoms with E-state index in [4.69, 9.17) is 32.4 Å². The molecule has 1 aliphatic rings. The van der Waals surface area contributed by atoms with Crippen LogP contribution < -0.4 is 10.1 Å². The summed E-state index contributed by atoms with van der Waals surface area (Å²) in [5.74, 6) is 1.12. The van der Waals surface area contributed by atoms with Gasteiger partial charge in [0.2, 0.25) is 5.91 Å². The number of carbonyl (C=O) groups excluding carboxylic acids is 1. The van der Waals surface area contributed by atoms with Crippen molar-refractivity contribution in [1.29, 1.82) is 0 Å². The zero-order chi connectivity index (χ0) is 23.5. The van der Waals surface area contributed by atoms with E-state index < -0.39 is 0 Å². The first kappa shape index (κ1) is 23.7. The molecule has 1 heterocycles. The van der Waals surface area contributed by atoms with Crippen molar-refractivity contribution in [2.45, 2.75) is 52.5 Å². The maximum absolute atomic E-state index is 12.8. The average molecular weight is 486 g/mol. The predicted molar refractivity (Wildman–Crippen MR) is 136 cm³/mol. The lowest BCUT2D eigenvalue weighted by atomic mass is 9.86. The number of rotatable bonds is 6. The molecule has 3 aromatic rings. The summed E-state index contributed by atoms with van der Waals surface area (Å²) in [6.07, 6.45) is 7.96. The number of hydrogen-bond acceptors (Lipinski definition) is 3. The third kappa shape index (κ3) is 5.23. The van der Waals surface area contributed by atoms with E-state index in [2.05, 4.69) is 12.2 Å². The molecule has 1 amide bonds. The summed E-state index contributed by atoms with van der Waals surface area (Å²) < 4.78 is 11.7. The molecule has 1 N–H and O–H groups in total. The standard InChI is InChI=1S/C27H29Cl2NO3/c1-4-32-25-14-26-21(22(15-33-26)19-10-9-18(28)12-23(19)29)13-20(25)17(3)11-27(31)30-24-8-6-5-7-16(24)2/h9-16,24H,4-8H2,1-3H3,(H,30,31)/b17-11+. The summed E-state index contributed by atoms with van der Waals surface area (Å²) in [4.78, 5) is 12.8. The van der Waals surface area contributed by atoms with Crippen LogP contribution in [0, 0.1) is 5.92 Å². The molecule has 4 nitrogen and oxygen atoms in total. The Hall–Kier alpha value is -2.43. The molecule has 2 aromatic carbocycles. The van der Waals surface area contributed by atoms with Crippen molar-refractivity contribution in [3.8, 4) is 16.9 Å². The zero-order valence-electron chi connectivity index (χ0n) is 19.2. The number of fused-ring (bicyclic) bond motifs is 1. The Kier molecular flexibility index (Phi) is 7.35. The van der Waals surface area contributed by atoms with Gasteiger partial charge in [-0.3, -0.25) is 4.79 Å². The van der Waals surface area contributed by atoms with E-state index in [-0.39, 0.29) is 11.9 Å². The van der Waals surface area contributed by atoms with Crippen LogP contribution in [0.1, 0.15) is 52.0 Å². The van der Waals surface area contributed by atoms with Crippen LogP contribution in [-0.4, -0.2) is 18.6 Å². The predicted octanol–water partition coefficient (Wildman–Crippen LogP) is 7.90. The van der Waals surface area contributed by atoms with Gasteiger partial charge >= 0.3 is 0 Å². The molecule has 0 radical (unpaired) electrons. The third-order valence-corrected chi connectivity index (χ3v) is 6.96. The smallest absolute Gasteiger partial charge is 0.244 e. The van der Waals surface area contributed by atoms with Crippen LogP contribution in [0.3, 0.4) is 0 Å². The second-order valence-corrected chi connectivity index (χ2v) is 9.60. The van der Waals surface area contributed by atoms with Crippen molar-refractivity contribution in [1.82, 2.24) is 5.32 Å². The van der Waals surface area contributed by atoms with Gasteiger partial charge in [0.15, 0.2) is 0 Å². The molecule has 0 aliphatic heterocycles. The fourth-order valence-corrected chi connectivity index (χ4v) is 5.09. The van der Waals surface area contributed by atoms with Crippen molar-refractivity contribution >= 4 is 45.7 Å². The first-order valence-electron chi connectivity index (χ1n) is 11.5. The minimum atomic E-state index is -0.0676. The van der Waals surface area contributed by atoms with Crippen LogP contribution in [0.15, 0.2) is 47.1 Å². The number of allylic oxidation sites excluding steroid dienone is 1. The van der Waals surface area contributed by atoms with E-state index in [1.165, 1.54) is 12.8 Å². The molecule has 4 rings (SSSR count). The first-order chi connectivity index (χ1) is 15.9. The molecule has 1 fully saturated rings. The number of halogens is 2. The molecule has 0 spiro atoms. The molecule has 2 atom stereocenters. The van der Waals surface area contributed by atoms with Gasteiger partial charge in [0.1, 0.15) is 11.3 Å². The fraction of sp³-hybridized carbons (Fsp3) is 0.370. The Labute approximate surface area is 204 Å². The largest absolute Gasteiger partial charge is 0.493 e. The van der Waals surface area contributed by atoms with E-state index in [1.54, 1.807) is 24.5 Å². The van der Waals surface area contributed by atoms with Crippen LogP contribution >= 0.6 is 23.2 Å². The van der Waals surface area contributed by atoms with E-state index in [0.29, 0.717) is 33.9 Å². The van der Waals surface area contributed by atoms with E-state index in [0.717, 1.165) is 40.5 Å². The second-order valence-electron chi connectivity index (χ2n) is 8.76. The molecule has 1 saturated carbocycles. The normalized spacial score (nSPS) is 19.0. The Morgan fingerprint density at radius 3 is 2.70 bits per heavy atom. The van der Waals surface area contributed by atoms with Crippen molar-refractivity contribution in [2.24, 2.45) is 5.92 Å². The summed E-state index contributed by atoms with van der Waals surface area (Å²) in [5, 5.41) is 5.22. The molecule has 0 bridgehead atoms. The number of benzene rings is 2. The van der Waals surface area contributed by atoms with Gasteiger partial charge in [-0.15, -0.1) is 0 Å². The van der Waals surface area contributed by atoms with Gasteiger partial charge in [0, 0.05) is 45.3 Å². The second kappa shape index (κ2) is 10.2. The first-order valence-corrected chi connectivity index (χ1v) is 12.3. The van der Waals surface area contributed by atoms with Crippen molar-refractivity contribution < 1.29 is 13.9 Å². The Balaban J connectivity index is 1.71. The number of amides is 1. The molecule has 33 heavy (non-hydrogen) atoms. The number of ether oxygens (including phenoxy) is 1. The molecule has 1 aliphatic carbocycles. The molecular weight excluding hydrogens is 457 g/mol. The van der Waals surface area contributed by atoms with Crippen LogP contribution in [0.4, 0.5) is 0 Å². The molecule has 1 aromatic heterocycles. The molecule has 0 saturated heterocycles. The van der Waals surface area contributed by atoms with E-state index in [9.17, 15) is 4.79 Å². The lowest BCUT2D eigenvalue weighted by Crippen LogP contribution is -2.40. The highest BCUT2D eigenvalue weighted by Gasteiger charge is 2.22. The van der Waals surface area contributed by atoms with Crippen LogP contribution in [0.25, 0.3) is 27.7 Å². The molecule has 2 unspecified atom stereocenters. The van der Waals surface area contributed by atoms with Gasteiger partial charge in [-0.2, -0.15) is 0 Å². The van der Waals surface area contributed by atoms with Gasteiger partial charge in [0.25, 0.3) is 0 Å². The Bertz CT molecular complexity index is 1200. The highest BCUT2D eigenvalue weighted by molar-refractivity contribution is 6.36. The number of hydrogen-bond donors (Lipinski definition) is 1. The van der Waals surface area contributed by atoms with Crippen LogP contribution in [0.2, 0.25) is 10.0 Å². The average Bonchev–Trinajstić information content (AvgIpc) is 3.17. The summed E-state index contributed by atoms with van der Waals surface area (Å²) in [6, 6.07) is 9.52. The molecular formula is C27H29Cl2NO3. The Morgan fingerprint density at radius 2 is 1.97 bits per heavy atom. The highest BCUT2D eigenvalue weighted by Crippen LogP contribution is 2.40. The Morgan fingerprint density at radius 1 is 1.18 bits per heavy atom. The number of furan rings is 1. The van der Waals surface area contributed by atoms with Gasteiger partial charge in [-0.1, -0.05) is 49.0 Å². The van der Waals surface area contributed by atoms with E-state index in [1.807, 2.05) is 32.0 Å². The van der Waals surface area contributed by atoms with Gasteiger partial charge in [-0.05, 0) is 56.4 Å². The van der Waals surface area contributed by atoms with Crippen molar-refractivity contribution in [2.75, 3.05) is 6.61 Å². The van der Waals surface area contributed by atoms with Crippen molar-refractivity contribution in [3.63, 3.8) is 0 Å². The summed E-state index contributed by atoms with van der Waals surface area (Å²) in [6.45, 7) is 6.59. The van der Waals surface area contributed by atoms with Gasteiger partial charge in [0.05, 0.1) is 17.9 Å². The number of nitrogens with one attached hydrogen (secondary N) is 1. The lowest BCUT2D eigenvalue weighted by Gasteiger charge is -2.29. The highest BCUT2D eigenvalue weighted by atomic mass is 35.5.